The first kappa shape index (κ1) is 19.7. The van der Waals surface area contributed by atoms with E-state index < -0.39 is 0 Å². The van der Waals surface area contributed by atoms with Gasteiger partial charge in [-0.2, -0.15) is 0 Å². The average molecular weight is 339 g/mol. The monoisotopic (exact) mass is 338 g/mol. The third-order valence-electron chi connectivity index (χ3n) is 5.86. The summed E-state index contributed by atoms with van der Waals surface area (Å²) in [6, 6.07) is 0.804. The van der Waals surface area contributed by atoms with Crippen molar-refractivity contribution in [1.82, 2.24) is 19.6 Å². The molecular formula is C19H38N4O. The molecule has 0 aliphatic carbocycles. The van der Waals surface area contributed by atoms with Crippen LogP contribution in [0.4, 0.5) is 0 Å². The Kier molecular flexibility index (Phi) is 8.50. The van der Waals surface area contributed by atoms with Gasteiger partial charge >= 0.3 is 0 Å². The molecule has 2 fully saturated rings. The molecule has 0 N–H and O–H groups in total. The third-order valence-corrected chi connectivity index (χ3v) is 5.86. The molecule has 24 heavy (non-hydrogen) atoms. The van der Waals surface area contributed by atoms with Crippen molar-refractivity contribution in [2.75, 3.05) is 66.5 Å². The Morgan fingerprint density at radius 2 is 1.58 bits per heavy atom. The first-order valence-electron chi connectivity index (χ1n) is 9.93. The third kappa shape index (κ3) is 6.69. The lowest BCUT2D eigenvalue weighted by Gasteiger charge is -2.35. The number of piperidine rings is 1. The van der Waals surface area contributed by atoms with Gasteiger partial charge in [-0.1, -0.05) is 12.8 Å². The van der Waals surface area contributed by atoms with Gasteiger partial charge in [-0.3, -0.25) is 9.69 Å². The number of likely N-dealkylation sites (tertiary alicyclic amines) is 1. The van der Waals surface area contributed by atoms with E-state index in [-0.39, 0.29) is 5.91 Å². The molecule has 0 aromatic heterocycles. The molecule has 0 aromatic carbocycles. The lowest BCUT2D eigenvalue weighted by molar-refractivity contribution is -0.130. The molecule has 2 saturated heterocycles. The van der Waals surface area contributed by atoms with Crippen LogP contribution in [0.2, 0.25) is 0 Å². The second-order valence-electron chi connectivity index (χ2n) is 7.78. The predicted molar refractivity (Wildman–Crippen MR) is 100 cm³/mol. The number of carbonyl (C=O) groups is 1. The number of amides is 1. The number of piperazine rings is 1. The maximum atomic E-state index is 11.3. The van der Waals surface area contributed by atoms with Gasteiger partial charge in [0.05, 0.1) is 0 Å². The van der Waals surface area contributed by atoms with E-state index >= 15 is 0 Å². The van der Waals surface area contributed by atoms with E-state index in [1.54, 1.807) is 6.92 Å². The van der Waals surface area contributed by atoms with E-state index in [4.69, 9.17) is 0 Å². The lowest BCUT2D eigenvalue weighted by atomic mass is 10.0. The van der Waals surface area contributed by atoms with E-state index in [0.717, 1.165) is 32.2 Å². The van der Waals surface area contributed by atoms with Gasteiger partial charge in [0, 0.05) is 39.1 Å². The van der Waals surface area contributed by atoms with E-state index in [1.165, 1.54) is 64.7 Å². The highest BCUT2D eigenvalue weighted by Gasteiger charge is 2.20. The van der Waals surface area contributed by atoms with Crippen molar-refractivity contribution < 1.29 is 4.79 Å². The van der Waals surface area contributed by atoms with Crippen molar-refractivity contribution in [3.8, 4) is 0 Å². The number of rotatable bonds is 8. The van der Waals surface area contributed by atoms with Crippen LogP contribution >= 0.6 is 0 Å². The van der Waals surface area contributed by atoms with E-state index in [2.05, 4.69) is 28.8 Å². The first-order valence-corrected chi connectivity index (χ1v) is 9.93. The summed E-state index contributed by atoms with van der Waals surface area (Å²) in [5.41, 5.74) is 0. The van der Waals surface area contributed by atoms with E-state index in [1.807, 2.05) is 4.90 Å². The van der Waals surface area contributed by atoms with Crippen LogP contribution in [-0.4, -0.2) is 98.0 Å². The highest BCUT2D eigenvalue weighted by molar-refractivity contribution is 5.73. The number of hydrogen-bond donors (Lipinski definition) is 0. The Labute approximate surface area is 148 Å². The fourth-order valence-electron chi connectivity index (χ4n) is 3.95. The molecule has 2 rings (SSSR count). The van der Waals surface area contributed by atoms with Crippen LogP contribution in [0, 0.1) is 0 Å². The lowest BCUT2D eigenvalue weighted by Crippen LogP contribution is -2.48. The second-order valence-corrected chi connectivity index (χ2v) is 7.78. The summed E-state index contributed by atoms with van der Waals surface area (Å²) < 4.78 is 0. The Balaban J connectivity index is 1.45. The summed E-state index contributed by atoms with van der Waals surface area (Å²) in [7, 11) is 4.54. The molecular weight excluding hydrogens is 300 g/mol. The molecule has 0 saturated carbocycles. The molecule has 2 aliphatic heterocycles. The maximum absolute atomic E-state index is 11.3. The zero-order valence-corrected chi connectivity index (χ0v) is 16.2. The standard InChI is InChI=1S/C19H38N4O/c1-18(24)23-16-14-22(15-17-23)11-7-5-4-6-10-21(3)19-8-12-20(2)13-9-19/h19H,4-17H2,1-3H3. The van der Waals surface area contributed by atoms with Crippen molar-refractivity contribution >= 4 is 5.91 Å². The number of hydrogen-bond acceptors (Lipinski definition) is 4. The molecule has 5 nitrogen and oxygen atoms in total. The van der Waals surface area contributed by atoms with Crippen molar-refractivity contribution in [2.24, 2.45) is 0 Å². The van der Waals surface area contributed by atoms with Gasteiger partial charge in [-0.25, -0.2) is 0 Å². The molecule has 0 bridgehead atoms. The van der Waals surface area contributed by atoms with Crippen molar-refractivity contribution in [2.45, 2.75) is 51.5 Å². The minimum atomic E-state index is 0.225. The van der Waals surface area contributed by atoms with Crippen LogP contribution in [0.15, 0.2) is 0 Å². The summed E-state index contributed by atoms with van der Waals surface area (Å²) in [6.07, 6.45) is 8.00. The van der Waals surface area contributed by atoms with Gasteiger partial charge < -0.3 is 14.7 Å². The SMILES string of the molecule is CC(=O)N1CCN(CCCCCCN(C)C2CCN(C)CC2)CC1. The number of unbranched alkanes of at least 4 members (excludes halogenated alkanes) is 3. The molecule has 1 amide bonds. The zero-order valence-electron chi connectivity index (χ0n) is 16.2. The Morgan fingerprint density at radius 3 is 2.21 bits per heavy atom. The average Bonchev–Trinajstić information content (AvgIpc) is 2.58. The zero-order chi connectivity index (χ0) is 17.4. The molecule has 2 heterocycles. The van der Waals surface area contributed by atoms with Crippen molar-refractivity contribution in [3.05, 3.63) is 0 Å². The summed E-state index contributed by atoms with van der Waals surface area (Å²) in [5.74, 6) is 0.225. The largest absolute Gasteiger partial charge is 0.340 e. The summed E-state index contributed by atoms with van der Waals surface area (Å²) >= 11 is 0. The predicted octanol–water partition coefficient (Wildman–Crippen LogP) is 1.74. The van der Waals surface area contributed by atoms with Gasteiger partial charge in [0.1, 0.15) is 0 Å². The van der Waals surface area contributed by atoms with Crippen LogP contribution in [0.3, 0.4) is 0 Å². The molecule has 2 aliphatic rings. The van der Waals surface area contributed by atoms with Crippen LogP contribution < -0.4 is 0 Å². The highest BCUT2D eigenvalue weighted by atomic mass is 16.2. The summed E-state index contributed by atoms with van der Waals surface area (Å²) in [6.45, 7) is 10.6. The van der Waals surface area contributed by atoms with E-state index in [9.17, 15) is 4.79 Å². The van der Waals surface area contributed by atoms with Crippen molar-refractivity contribution in [3.63, 3.8) is 0 Å². The minimum absolute atomic E-state index is 0.225. The molecule has 0 aromatic rings. The Hall–Kier alpha value is -0.650. The first-order chi connectivity index (χ1) is 11.6. The molecule has 140 valence electrons. The van der Waals surface area contributed by atoms with Crippen molar-refractivity contribution in [1.29, 1.82) is 0 Å². The van der Waals surface area contributed by atoms with Gasteiger partial charge in [-0.05, 0) is 66.0 Å². The van der Waals surface area contributed by atoms with Gasteiger partial charge in [0.25, 0.3) is 0 Å². The van der Waals surface area contributed by atoms with Gasteiger partial charge in [-0.15, -0.1) is 0 Å². The quantitative estimate of drug-likeness (QED) is 0.631. The fourth-order valence-corrected chi connectivity index (χ4v) is 3.95. The molecule has 0 unspecified atom stereocenters. The number of carbonyl (C=O) groups excluding carboxylic acids is 1. The van der Waals surface area contributed by atoms with Crippen LogP contribution in [0.5, 0.6) is 0 Å². The normalized spacial score (nSPS) is 21.6. The van der Waals surface area contributed by atoms with Gasteiger partial charge in [0.2, 0.25) is 5.91 Å². The van der Waals surface area contributed by atoms with E-state index in [0.29, 0.717) is 0 Å². The second kappa shape index (κ2) is 10.4. The smallest absolute Gasteiger partial charge is 0.219 e. The minimum Gasteiger partial charge on any atom is -0.340 e. The molecule has 0 atom stereocenters. The topological polar surface area (TPSA) is 30.0 Å². The Morgan fingerprint density at radius 1 is 0.958 bits per heavy atom. The molecule has 0 spiro atoms. The Bertz CT molecular complexity index is 360. The highest BCUT2D eigenvalue weighted by Crippen LogP contribution is 2.15. The molecule has 0 radical (unpaired) electrons. The molecule has 5 heteroatoms. The maximum Gasteiger partial charge on any atom is 0.219 e. The van der Waals surface area contributed by atoms with Crippen LogP contribution in [-0.2, 0) is 4.79 Å². The van der Waals surface area contributed by atoms with Gasteiger partial charge in [0.15, 0.2) is 0 Å². The van der Waals surface area contributed by atoms with Crippen LogP contribution in [0.1, 0.15) is 45.4 Å². The number of nitrogens with zero attached hydrogens (tertiary/aromatic N) is 4. The summed E-state index contributed by atoms with van der Waals surface area (Å²) in [4.78, 5) is 20.8. The summed E-state index contributed by atoms with van der Waals surface area (Å²) in [5, 5.41) is 0. The van der Waals surface area contributed by atoms with Crippen LogP contribution in [0.25, 0.3) is 0 Å². The fraction of sp³-hybridized carbons (Fsp3) is 0.947.